The van der Waals surface area contributed by atoms with Gasteiger partial charge in [-0.2, -0.15) is 0 Å². The van der Waals surface area contributed by atoms with Crippen LogP contribution in [0.15, 0.2) is 10.9 Å². The van der Waals surface area contributed by atoms with Gasteiger partial charge in [0.05, 0.1) is 7.11 Å². The van der Waals surface area contributed by atoms with E-state index in [1.165, 1.54) is 0 Å². The number of carbonyl (C=O) groups is 1. The van der Waals surface area contributed by atoms with Crippen molar-refractivity contribution in [3.05, 3.63) is 21.9 Å². The van der Waals surface area contributed by atoms with Gasteiger partial charge in [0.2, 0.25) is 11.3 Å². The summed E-state index contributed by atoms with van der Waals surface area (Å²) in [6.45, 7) is 0. The van der Waals surface area contributed by atoms with E-state index in [2.05, 4.69) is 9.47 Å². The standard InChI is InChI=1S/C8H6F3NO5/c1-16-4-2-3(13)5(7(14)15)6(12-4)17-8(9,10)11/h2H,1H3,(H,12,13)(H,14,15). The minimum atomic E-state index is -5.13. The molecule has 0 fully saturated rings. The Morgan fingerprint density at radius 2 is 2.06 bits per heavy atom. The van der Waals surface area contributed by atoms with Gasteiger partial charge in [0.1, 0.15) is 0 Å². The summed E-state index contributed by atoms with van der Waals surface area (Å²) in [6, 6.07) is 0.701. The zero-order valence-corrected chi connectivity index (χ0v) is 8.29. The lowest BCUT2D eigenvalue weighted by Crippen LogP contribution is -2.24. The summed E-state index contributed by atoms with van der Waals surface area (Å²) in [5.74, 6) is -3.42. The Hall–Kier alpha value is -2.19. The number of carboxylic acids is 1. The third-order valence-electron chi connectivity index (χ3n) is 1.62. The summed E-state index contributed by atoms with van der Waals surface area (Å²) in [4.78, 5) is 23.7. The van der Waals surface area contributed by atoms with Crippen molar-refractivity contribution in [1.82, 2.24) is 4.98 Å². The number of hydrogen-bond donors (Lipinski definition) is 2. The maximum absolute atomic E-state index is 12.0. The topological polar surface area (TPSA) is 88.6 Å². The Bertz CT molecular complexity index is 493. The lowest BCUT2D eigenvalue weighted by atomic mass is 10.2. The number of methoxy groups -OCH3 is 1. The first-order chi connectivity index (χ1) is 7.74. The molecule has 1 rings (SSSR count). The smallest absolute Gasteiger partial charge is 0.482 e. The van der Waals surface area contributed by atoms with Crippen molar-refractivity contribution in [2.75, 3.05) is 7.11 Å². The molecular formula is C8H6F3NO5. The monoisotopic (exact) mass is 253 g/mol. The number of aromatic carboxylic acids is 1. The molecule has 0 aliphatic rings. The molecule has 0 saturated carbocycles. The number of H-pyrrole nitrogens is 1. The molecule has 0 atom stereocenters. The van der Waals surface area contributed by atoms with Crippen molar-refractivity contribution in [1.29, 1.82) is 0 Å². The summed E-state index contributed by atoms with van der Waals surface area (Å²) in [5.41, 5.74) is -2.31. The van der Waals surface area contributed by atoms with Gasteiger partial charge in [-0.05, 0) is 0 Å². The van der Waals surface area contributed by atoms with Crippen LogP contribution >= 0.6 is 0 Å². The zero-order valence-electron chi connectivity index (χ0n) is 8.29. The van der Waals surface area contributed by atoms with Crippen molar-refractivity contribution < 1.29 is 32.5 Å². The first-order valence-electron chi connectivity index (χ1n) is 4.05. The van der Waals surface area contributed by atoms with Crippen LogP contribution in [-0.4, -0.2) is 29.5 Å². The fraction of sp³-hybridized carbons (Fsp3) is 0.250. The Kier molecular flexibility index (Phi) is 3.30. The summed E-state index contributed by atoms with van der Waals surface area (Å²) < 4.78 is 43.8. The van der Waals surface area contributed by atoms with E-state index in [1.807, 2.05) is 4.98 Å². The first-order valence-corrected chi connectivity index (χ1v) is 4.05. The molecule has 1 heterocycles. The van der Waals surface area contributed by atoms with Crippen LogP contribution in [-0.2, 0) is 0 Å². The Morgan fingerprint density at radius 1 is 1.47 bits per heavy atom. The quantitative estimate of drug-likeness (QED) is 0.838. The second kappa shape index (κ2) is 4.36. The van der Waals surface area contributed by atoms with Crippen LogP contribution in [0.25, 0.3) is 0 Å². The molecule has 1 aromatic heterocycles. The number of ether oxygens (including phenoxy) is 2. The van der Waals surface area contributed by atoms with Gasteiger partial charge in [0.25, 0.3) is 0 Å². The van der Waals surface area contributed by atoms with E-state index >= 15 is 0 Å². The number of hydrogen-bond acceptors (Lipinski definition) is 4. The number of alkyl halides is 3. The number of carboxylic acid groups (broad SMARTS) is 1. The third-order valence-corrected chi connectivity index (χ3v) is 1.62. The van der Waals surface area contributed by atoms with Gasteiger partial charge in [-0.3, -0.25) is 9.78 Å². The number of aromatic nitrogens is 1. The van der Waals surface area contributed by atoms with Crippen molar-refractivity contribution in [2.45, 2.75) is 6.36 Å². The van der Waals surface area contributed by atoms with Crippen molar-refractivity contribution in [3.8, 4) is 11.8 Å². The maximum Gasteiger partial charge on any atom is 0.574 e. The summed E-state index contributed by atoms with van der Waals surface area (Å²) in [6.07, 6.45) is -5.13. The van der Waals surface area contributed by atoms with E-state index < -0.39 is 29.2 Å². The van der Waals surface area contributed by atoms with Gasteiger partial charge in [-0.25, -0.2) is 4.79 Å². The van der Waals surface area contributed by atoms with Gasteiger partial charge < -0.3 is 14.6 Å². The molecular weight excluding hydrogens is 247 g/mol. The van der Waals surface area contributed by atoms with Crippen molar-refractivity contribution in [2.24, 2.45) is 0 Å². The Labute approximate surface area is 91.6 Å². The van der Waals surface area contributed by atoms with Crippen molar-refractivity contribution in [3.63, 3.8) is 0 Å². The fourth-order valence-electron chi connectivity index (χ4n) is 1.02. The van der Waals surface area contributed by atoms with Gasteiger partial charge in [-0.15, -0.1) is 13.2 Å². The van der Waals surface area contributed by atoms with Crippen LogP contribution in [0.1, 0.15) is 10.4 Å². The average molecular weight is 253 g/mol. The molecule has 6 nitrogen and oxygen atoms in total. The second-order valence-corrected chi connectivity index (χ2v) is 2.76. The lowest BCUT2D eigenvalue weighted by Gasteiger charge is -2.11. The highest BCUT2D eigenvalue weighted by atomic mass is 19.4. The first kappa shape index (κ1) is 12.9. The summed E-state index contributed by atoms with van der Waals surface area (Å²) >= 11 is 0. The fourth-order valence-corrected chi connectivity index (χ4v) is 1.02. The average Bonchev–Trinajstić information content (AvgIpc) is 2.13. The molecule has 0 amide bonds. The van der Waals surface area contributed by atoms with Crippen LogP contribution in [0.2, 0.25) is 0 Å². The van der Waals surface area contributed by atoms with E-state index in [-0.39, 0.29) is 5.88 Å². The normalized spacial score (nSPS) is 11.1. The molecule has 0 aromatic carbocycles. The lowest BCUT2D eigenvalue weighted by molar-refractivity contribution is -0.276. The number of nitrogens with one attached hydrogen (secondary N) is 1. The number of rotatable bonds is 3. The van der Waals surface area contributed by atoms with Crippen LogP contribution < -0.4 is 14.9 Å². The van der Waals surface area contributed by atoms with E-state index in [1.54, 1.807) is 0 Å². The molecule has 17 heavy (non-hydrogen) atoms. The predicted molar refractivity (Wildman–Crippen MR) is 47.3 cm³/mol. The van der Waals surface area contributed by atoms with E-state index in [9.17, 15) is 22.8 Å². The van der Waals surface area contributed by atoms with Gasteiger partial charge >= 0.3 is 12.3 Å². The van der Waals surface area contributed by atoms with Crippen LogP contribution in [0.5, 0.6) is 11.8 Å². The minimum absolute atomic E-state index is 0.348. The molecule has 9 heteroatoms. The van der Waals surface area contributed by atoms with Gasteiger partial charge in [0, 0.05) is 6.07 Å². The predicted octanol–water partition coefficient (Wildman–Crippen LogP) is 0.980. The highest BCUT2D eigenvalue weighted by molar-refractivity contribution is 5.90. The number of pyridine rings is 1. The molecule has 0 spiro atoms. The molecule has 0 aliphatic carbocycles. The Balaban J connectivity index is 3.38. The van der Waals surface area contributed by atoms with Gasteiger partial charge in [0.15, 0.2) is 11.4 Å². The highest BCUT2D eigenvalue weighted by Gasteiger charge is 2.34. The SMILES string of the molecule is COc1cc(=O)c(C(=O)O)c(OC(F)(F)F)[nH]1. The second-order valence-electron chi connectivity index (χ2n) is 2.76. The maximum atomic E-state index is 12.0. The molecule has 1 aromatic rings. The zero-order chi connectivity index (χ0) is 13.2. The molecule has 0 aliphatic heterocycles. The molecule has 0 radical (unpaired) electrons. The summed E-state index contributed by atoms with van der Waals surface area (Å²) in [7, 11) is 1.09. The van der Waals surface area contributed by atoms with Crippen LogP contribution in [0, 0.1) is 0 Å². The molecule has 0 saturated heterocycles. The molecule has 0 unspecified atom stereocenters. The number of aromatic amines is 1. The summed E-state index contributed by atoms with van der Waals surface area (Å²) in [5, 5.41) is 8.60. The minimum Gasteiger partial charge on any atom is -0.482 e. The third kappa shape index (κ3) is 3.13. The van der Waals surface area contributed by atoms with Crippen molar-refractivity contribution >= 4 is 5.97 Å². The van der Waals surface area contributed by atoms with Crippen LogP contribution in [0.4, 0.5) is 13.2 Å². The van der Waals surface area contributed by atoms with E-state index in [0.717, 1.165) is 7.11 Å². The van der Waals surface area contributed by atoms with E-state index in [4.69, 9.17) is 5.11 Å². The highest BCUT2D eigenvalue weighted by Crippen LogP contribution is 2.24. The number of halogens is 3. The van der Waals surface area contributed by atoms with Crippen LogP contribution in [0.3, 0.4) is 0 Å². The molecule has 2 N–H and O–H groups in total. The van der Waals surface area contributed by atoms with E-state index in [0.29, 0.717) is 6.07 Å². The largest absolute Gasteiger partial charge is 0.574 e. The molecule has 94 valence electrons. The van der Waals surface area contributed by atoms with Gasteiger partial charge in [-0.1, -0.05) is 0 Å². The molecule has 0 bridgehead atoms. The Morgan fingerprint density at radius 3 is 2.47 bits per heavy atom.